The number of para-hydroxylation sites is 1. The summed E-state index contributed by atoms with van der Waals surface area (Å²) < 4.78 is 11.0. The number of carbonyl (C=O) groups excluding carboxylic acids is 1. The number of nitrogens with zero attached hydrogens (tertiary/aromatic N) is 1. The molecule has 1 amide bonds. The number of piperidine rings is 1. The molecule has 1 aliphatic heterocycles. The summed E-state index contributed by atoms with van der Waals surface area (Å²) in [5.41, 5.74) is 0.240. The molecule has 1 aromatic carbocycles. The number of methoxy groups -OCH3 is 1. The Morgan fingerprint density at radius 2 is 2.08 bits per heavy atom. The number of hydrogen-bond donors (Lipinski definition) is 1. The average molecular weight is 355 g/mol. The Labute approximate surface area is 153 Å². The largest absolute Gasteiger partial charge is 0.496 e. The number of hydrogen-bond acceptors (Lipinski definition) is 4. The first-order valence-electron chi connectivity index (χ1n) is 9.34. The van der Waals surface area contributed by atoms with Crippen LogP contribution in [0.4, 0.5) is 0 Å². The van der Waals surface area contributed by atoms with E-state index >= 15 is 0 Å². The van der Waals surface area contributed by atoms with Gasteiger partial charge in [0, 0.05) is 18.0 Å². The molecule has 2 aromatic rings. The minimum atomic E-state index is -0.719. The lowest BCUT2D eigenvalue weighted by Crippen LogP contribution is -2.56. The van der Waals surface area contributed by atoms with Crippen LogP contribution in [0.2, 0.25) is 0 Å². The van der Waals surface area contributed by atoms with Crippen molar-refractivity contribution < 1.29 is 19.1 Å². The number of amides is 1. The van der Waals surface area contributed by atoms with Crippen LogP contribution < -0.4 is 4.74 Å². The lowest BCUT2D eigenvalue weighted by atomic mass is 9.66. The molecule has 2 heterocycles. The van der Waals surface area contributed by atoms with Crippen LogP contribution in [-0.2, 0) is 0 Å². The second-order valence-corrected chi connectivity index (χ2v) is 7.37. The number of benzene rings is 1. The van der Waals surface area contributed by atoms with Crippen LogP contribution in [-0.4, -0.2) is 35.2 Å². The van der Waals surface area contributed by atoms with Gasteiger partial charge in [0.1, 0.15) is 5.75 Å². The van der Waals surface area contributed by atoms with Crippen LogP contribution >= 0.6 is 0 Å². The molecule has 0 spiro atoms. The standard InChI is InChI=1S/C21H25NO4/c1-25-17-9-3-2-7-15(17)19-16-8-4-5-11-21(16,24)12-13-22(19)20(23)18-10-6-14-26-18/h2-3,6-7,9-10,14,16,19,24H,4-5,8,11-13H2,1H3/t16-,19-,21-/m0/s1. The summed E-state index contributed by atoms with van der Waals surface area (Å²) in [5, 5.41) is 11.3. The highest BCUT2D eigenvalue weighted by molar-refractivity contribution is 5.92. The van der Waals surface area contributed by atoms with E-state index in [1.165, 1.54) is 6.26 Å². The predicted octanol–water partition coefficient (Wildman–Crippen LogP) is 3.80. The molecule has 5 heteroatoms. The van der Waals surface area contributed by atoms with Gasteiger partial charge in [0.15, 0.2) is 5.76 Å². The molecule has 138 valence electrons. The molecule has 0 bridgehead atoms. The lowest BCUT2D eigenvalue weighted by Gasteiger charge is -2.52. The summed E-state index contributed by atoms with van der Waals surface area (Å²) in [6, 6.07) is 11.0. The summed E-state index contributed by atoms with van der Waals surface area (Å²) in [4.78, 5) is 15.0. The van der Waals surface area contributed by atoms with E-state index in [1.54, 1.807) is 19.2 Å². The second kappa shape index (κ2) is 6.80. The molecule has 0 unspecified atom stereocenters. The van der Waals surface area contributed by atoms with Crippen LogP contribution in [0.15, 0.2) is 47.1 Å². The Balaban J connectivity index is 1.79. The molecular weight excluding hydrogens is 330 g/mol. The Hall–Kier alpha value is -2.27. The molecule has 0 radical (unpaired) electrons. The SMILES string of the molecule is COc1ccccc1[C@H]1[C@@H]2CCCC[C@]2(O)CCN1C(=O)c1ccco1. The Morgan fingerprint density at radius 1 is 1.23 bits per heavy atom. The summed E-state index contributed by atoms with van der Waals surface area (Å²) in [6.07, 6.45) is 5.94. The van der Waals surface area contributed by atoms with E-state index in [0.29, 0.717) is 18.7 Å². The third kappa shape index (κ3) is 2.80. The van der Waals surface area contributed by atoms with Gasteiger partial charge < -0.3 is 19.2 Å². The van der Waals surface area contributed by atoms with Crippen LogP contribution in [0.1, 0.15) is 54.3 Å². The zero-order valence-electron chi connectivity index (χ0n) is 15.1. The monoisotopic (exact) mass is 355 g/mol. The first kappa shape index (κ1) is 17.2. The molecule has 2 aliphatic rings. The first-order chi connectivity index (χ1) is 12.6. The van der Waals surface area contributed by atoms with Crippen molar-refractivity contribution in [2.75, 3.05) is 13.7 Å². The number of likely N-dealkylation sites (tertiary alicyclic amines) is 1. The van der Waals surface area contributed by atoms with Gasteiger partial charge in [0.05, 0.1) is 25.0 Å². The van der Waals surface area contributed by atoms with Crippen molar-refractivity contribution in [2.45, 2.75) is 43.7 Å². The molecule has 1 aliphatic carbocycles. The molecule has 1 N–H and O–H groups in total. The van der Waals surface area contributed by atoms with Gasteiger partial charge in [0.2, 0.25) is 0 Å². The van der Waals surface area contributed by atoms with E-state index in [0.717, 1.165) is 37.0 Å². The number of ether oxygens (including phenoxy) is 1. The summed E-state index contributed by atoms with van der Waals surface area (Å²) in [7, 11) is 1.65. The maximum absolute atomic E-state index is 13.1. The molecule has 1 aromatic heterocycles. The van der Waals surface area contributed by atoms with Gasteiger partial charge in [-0.1, -0.05) is 31.0 Å². The Morgan fingerprint density at radius 3 is 2.85 bits per heavy atom. The summed E-state index contributed by atoms with van der Waals surface area (Å²) >= 11 is 0. The zero-order valence-corrected chi connectivity index (χ0v) is 15.1. The Bertz CT molecular complexity index is 772. The molecule has 2 fully saturated rings. The summed E-state index contributed by atoms with van der Waals surface area (Å²) in [6.45, 7) is 0.509. The number of furan rings is 1. The van der Waals surface area contributed by atoms with Crippen LogP contribution in [0.5, 0.6) is 5.75 Å². The van der Waals surface area contributed by atoms with Crippen molar-refractivity contribution in [3.8, 4) is 5.75 Å². The Kier molecular flexibility index (Phi) is 4.49. The second-order valence-electron chi connectivity index (χ2n) is 7.37. The van der Waals surface area contributed by atoms with E-state index in [9.17, 15) is 9.90 Å². The topological polar surface area (TPSA) is 62.9 Å². The van der Waals surface area contributed by atoms with Crippen molar-refractivity contribution in [3.05, 3.63) is 54.0 Å². The number of aliphatic hydroxyl groups is 1. The van der Waals surface area contributed by atoms with Crippen LogP contribution in [0.3, 0.4) is 0 Å². The van der Waals surface area contributed by atoms with Crippen molar-refractivity contribution >= 4 is 5.91 Å². The van der Waals surface area contributed by atoms with Gasteiger partial charge in [-0.05, 0) is 37.5 Å². The fraction of sp³-hybridized carbons (Fsp3) is 0.476. The van der Waals surface area contributed by atoms with Gasteiger partial charge in [-0.25, -0.2) is 0 Å². The van der Waals surface area contributed by atoms with Gasteiger partial charge in [-0.15, -0.1) is 0 Å². The fourth-order valence-corrected chi connectivity index (χ4v) is 4.75. The van der Waals surface area contributed by atoms with E-state index < -0.39 is 5.60 Å². The number of fused-ring (bicyclic) bond motifs is 1. The maximum Gasteiger partial charge on any atom is 0.290 e. The van der Waals surface area contributed by atoms with Crippen molar-refractivity contribution in [3.63, 3.8) is 0 Å². The van der Waals surface area contributed by atoms with Gasteiger partial charge in [-0.2, -0.15) is 0 Å². The number of rotatable bonds is 3. The minimum absolute atomic E-state index is 0.000197. The van der Waals surface area contributed by atoms with Gasteiger partial charge >= 0.3 is 0 Å². The molecule has 1 saturated heterocycles. The third-order valence-corrected chi connectivity index (χ3v) is 6.02. The quantitative estimate of drug-likeness (QED) is 0.910. The molecular formula is C21H25NO4. The maximum atomic E-state index is 13.1. The van der Waals surface area contributed by atoms with Crippen LogP contribution in [0.25, 0.3) is 0 Å². The smallest absolute Gasteiger partial charge is 0.290 e. The van der Waals surface area contributed by atoms with E-state index in [-0.39, 0.29) is 17.9 Å². The normalized spacial score (nSPS) is 28.5. The van der Waals surface area contributed by atoms with E-state index in [1.807, 2.05) is 29.2 Å². The molecule has 5 nitrogen and oxygen atoms in total. The minimum Gasteiger partial charge on any atom is -0.496 e. The highest BCUT2D eigenvalue weighted by Crippen LogP contribution is 2.51. The van der Waals surface area contributed by atoms with Crippen molar-refractivity contribution in [1.82, 2.24) is 4.90 Å². The highest BCUT2D eigenvalue weighted by atomic mass is 16.5. The van der Waals surface area contributed by atoms with E-state index in [2.05, 4.69) is 0 Å². The summed E-state index contributed by atoms with van der Waals surface area (Å²) in [5.74, 6) is 0.967. The van der Waals surface area contributed by atoms with Crippen molar-refractivity contribution in [1.29, 1.82) is 0 Å². The lowest BCUT2D eigenvalue weighted by molar-refractivity contribution is -0.115. The average Bonchev–Trinajstić information content (AvgIpc) is 3.21. The molecule has 1 saturated carbocycles. The molecule has 3 atom stereocenters. The van der Waals surface area contributed by atoms with Crippen LogP contribution in [0, 0.1) is 5.92 Å². The van der Waals surface area contributed by atoms with Crippen molar-refractivity contribution in [2.24, 2.45) is 5.92 Å². The number of carbonyl (C=O) groups is 1. The zero-order chi connectivity index (χ0) is 18.1. The molecule has 26 heavy (non-hydrogen) atoms. The van der Waals surface area contributed by atoms with Gasteiger partial charge in [-0.3, -0.25) is 4.79 Å². The molecule has 4 rings (SSSR count). The fourth-order valence-electron chi connectivity index (χ4n) is 4.75. The van der Waals surface area contributed by atoms with E-state index in [4.69, 9.17) is 9.15 Å². The van der Waals surface area contributed by atoms with Gasteiger partial charge in [0.25, 0.3) is 5.91 Å². The first-order valence-corrected chi connectivity index (χ1v) is 9.34. The third-order valence-electron chi connectivity index (χ3n) is 6.02. The predicted molar refractivity (Wildman–Crippen MR) is 97.0 cm³/mol. The highest BCUT2D eigenvalue weighted by Gasteiger charge is 2.51.